The van der Waals surface area contributed by atoms with Gasteiger partial charge in [-0.3, -0.25) is 0 Å². The largest absolute Gasteiger partial charge is 0.396 e. The lowest BCUT2D eigenvalue weighted by atomic mass is 10.0. The Labute approximate surface area is 69.4 Å². The molecular weight excluding hydrogens is 136 g/mol. The molecule has 1 N–H and O–H groups in total. The summed E-state index contributed by atoms with van der Waals surface area (Å²) in [6.45, 7) is 8.34. The van der Waals surface area contributed by atoms with Crippen LogP contribution in [0.25, 0.3) is 0 Å². The smallest absolute Gasteiger partial charge is 0.0471 e. The van der Waals surface area contributed by atoms with Crippen LogP contribution in [0.1, 0.15) is 33.1 Å². The highest BCUT2D eigenvalue weighted by Crippen LogP contribution is 2.15. The molecule has 1 nitrogen and oxygen atoms in total. The van der Waals surface area contributed by atoms with Crippen molar-refractivity contribution in [1.29, 1.82) is 0 Å². The van der Waals surface area contributed by atoms with E-state index in [1.165, 1.54) is 5.57 Å². The lowest BCUT2D eigenvalue weighted by Crippen LogP contribution is -1.91. The van der Waals surface area contributed by atoms with E-state index in [-0.39, 0.29) is 6.61 Å². The van der Waals surface area contributed by atoms with Crippen LogP contribution in [0.4, 0.5) is 0 Å². The highest BCUT2D eigenvalue weighted by molar-refractivity contribution is 5.27. The Hall–Kier alpha value is -0.560. The standard InChI is InChI=1S/C10H18O/c1-4-6-10(5-2)9(3)7-8-11/h6,11H,3-5,7-8H2,1-2H3/b10-6+. The SMILES string of the molecule is C=C(CCO)/C(=C/CC)CC. The third kappa shape index (κ3) is 3.99. The van der Waals surface area contributed by atoms with Gasteiger partial charge in [-0.15, -0.1) is 0 Å². The summed E-state index contributed by atoms with van der Waals surface area (Å²) in [6, 6.07) is 0. The first-order valence-electron chi connectivity index (χ1n) is 4.24. The molecular formula is C10H18O. The predicted octanol–water partition coefficient (Wildman–Crippen LogP) is 2.67. The van der Waals surface area contributed by atoms with Crippen molar-refractivity contribution in [3.63, 3.8) is 0 Å². The fourth-order valence-corrected chi connectivity index (χ4v) is 1.08. The molecule has 0 radical (unpaired) electrons. The van der Waals surface area contributed by atoms with Crippen molar-refractivity contribution in [2.45, 2.75) is 33.1 Å². The fraction of sp³-hybridized carbons (Fsp3) is 0.600. The summed E-state index contributed by atoms with van der Waals surface area (Å²) in [6.07, 6.45) is 4.96. The molecule has 0 aromatic rings. The molecule has 0 unspecified atom stereocenters. The van der Waals surface area contributed by atoms with Gasteiger partial charge in [0.25, 0.3) is 0 Å². The normalized spacial score (nSPS) is 11.7. The van der Waals surface area contributed by atoms with Crippen LogP contribution in [-0.4, -0.2) is 11.7 Å². The van der Waals surface area contributed by atoms with Gasteiger partial charge in [-0.1, -0.05) is 32.1 Å². The second-order valence-corrected chi connectivity index (χ2v) is 2.57. The van der Waals surface area contributed by atoms with E-state index in [1.807, 2.05) is 0 Å². The zero-order valence-electron chi connectivity index (χ0n) is 7.56. The van der Waals surface area contributed by atoms with Gasteiger partial charge in [0.05, 0.1) is 0 Å². The highest BCUT2D eigenvalue weighted by Gasteiger charge is 1.97. The average Bonchev–Trinajstić information content (AvgIpc) is 2.00. The maximum atomic E-state index is 8.66. The molecule has 1 heteroatoms. The van der Waals surface area contributed by atoms with E-state index in [9.17, 15) is 0 Å². The van der Waals surface area contributed by atoms with Crippen LogP contribution in [0.3, 0.4) is 0 Å². The Kier molecular flexibility index (Phi) is 5.86. The Morgan fingerprint density at radius 2 is 2.09 bits per heavy atom. The van der Waals surface area contributed by atoms with Crippen LogP contribution in [0.15, 0.2) is 23.8 Å². The van der Waals surface area contributed by atoms with E-state index in [0.29, 0.717) is 6.42 Å². The summed E-state index contributed by atoms with van der Waals surface area (Å²) in [5.41, 5.74) is 2.37. The van der Waals surface area contributed by atoms with Crippen molar-refractivity contribution < 1.29 is 5.11 Å². The zero-order chi connectivity index (χ0) is 8.69. The Bertz CT molecular complexity index is 145. The first-order valence-corrected chi connectivity index (χ1v) is 4.24. The molecule has 11 heavy (non-hydrogen) atoms. The van der Waals surface area contributed by atoms with Crippen LogP contribution in [0.5, 0.6) is 0 Å². The quantitative estimate of drug-likeness (QED) is 0.604. The third-order valence-corrected chi connectivity index (χ3v) is 1.70. The van der Waals surface area contributed by atoms with E-state index in [2.05, 4.69) is 26.5 Å². The van der Waals surface area contributed by atoms with Crippen LogP contribution in [0.2, 0.25) is 0 Å². The Balaban J connectivity index is 4.03. The van der Waals surface area contributed by atoms with E-state index in [4.69, 9.17) is 5.11 Å². The molecule has 0 fully saturated rings. The van der Waals surface area contributed by atoms with E-state index in [1.54, 1.807) is 0 Å². The molecule has 0 heterocycles. The Morgan fingerprint density at radius 3 is 2.45 bits per heavy atom. The molecule has 0 aromatic carbocycles. The topological polar surface area (TPSA) is 20.2 Å². The van der Waals surface area contributed by atoms with Gasteiger partial charge in [-0.2, -0.15) is 0 Å². The van der Waals surface area contributed by atoms with E-state index >= 15 is 0 Å². The van der Waals surface area contributed by atoms with Gasteiger partial charge in [0.1, 0.15) is 0 Å². The van der Waals surface area contributed by atoms with Crippen LogP contribution in [-0.2, 0) is 0 Å². The lowest BCUT2D eigenvalue weighted by molar-refractivity contribution is 0.300. The van der Waals surface area contributed by atoms with Crippen LogP contribution < -0.4 is 0 Å². The molecule has 0 amide bonds. The van der Waals surface area contributed by atoms with Gasteiger partial charge >= 0.3 is 0 Å². The molecule has 0 aliphatic heterocycles. The summed E-state index contributed by atoms with van der Waals surface area (Å²) in [5, 5.41) is 8.66. The molecule has 0 spiro atoms. The summed E-state index contributed by atoms with van der Waals surface area (Å²) in [4.78, 5) is 0. The highest BCUT2D eigenvalue weighted by atomic mass is 16.2. The van der Waals surface area contributed by atoms with Crippen molar-refractivity contribution in [2.75, 3.05) is 6.61 Å². The minimum Gasteiger partial charge on any atom is -0.396 e. The number of hydrogen-bond donors (Lipinski definition) is 1. The number of hydrogen-bond acceptors (Lipinski definition) is 1. The minimum absolute atomic E-state index is 0.208. The van der Waals surface area contributed by atoms with Gasteiger partial charge in [-0.05, 0) is 24.8 Å². The molecule has 0 aliphatic rings. The Morgan fingerprint density at radius 1 is 1.45 bits per heavy atom. The second kappa shape index (κ2) is 6.17. The van der Waals surface area contributed by atoms with Crippen molar-refractivity contribution >= 4 is 0 Å². The minimum atomic E-state index is 0.208. The third-order valence-electron chi connectivity index (χ3n) is 1.70. The molecule has 64 valence electrons. The number of aliphatic hydroxyl groups is 1. The van der Waals surface area contributed by atoms with Crippen molar-refractivity contribution in [3.8, 4) is 0 Å². The van der Waals surface area contributed by atoms with Gasteiger partial charge in [0, 0.05) is 6.61 Å². The van der Waals surface area contributed by atoms with Crippen LogP contribution in [0, 0.1) is 0 Å². The van der Waals surface area contributed by atoms with E-state index in [0.717, 1.165) is 18.4 Å². The van der Waals surface area contributed by atoms with Crippen molar-refractivity contribution in [1.82, 2.24) is 0 Å². The van der Waals surface area contributed by atoms with Gasteiger partial charge in [0.2, 0.25) is 0 Å². The summed E-state index contributed by atoms with van der Waals surface area (Å²) >= 11 is 0. The molecule has 0 bridgehead atoms. The molecule has 0 saturated heterocycles. The van der Waals surface area contributed by atoms with E-state index < -0.39 is 0 Å². The summed E-state index contributed by atoms with van der Waals surface area (Å²) < 4.78 is 0. The fourth-order valence-electron chi connectivity index (χ4n) is 1.08. The maximum absolute atomic E-state index is 8.66. The zero-order valence-corrected chi connectivity index (χ0v) is 7.56. The first kappa shape index (κ1) is 10.4. The van der Waals surface area contributed by atoms with Gasteiger partial charge in [0.15, 0.2) is 0 Å². The van der Waals surface area contributed by atoms with Crippen molar-refractivity contribution in [2.24, 2.45) is 0 Å². The van der Waals surface area contributed by atoms with Crippen molar-refractivity contribution in [3.05, 3.63) is 23.8 Å². The van der Waals surface area contributed by atoms with Gasteiger partial charge < -0.3 is 5.11 Å². The van der Waals surface area contributed by atoms with Crippen LogP contribution >= 0.6 is 0 Å². The molecule has 0 rings (SSSR count). The van der Waals surface area contributed by atoms with Gasteiger partial charge in [-0.25, -0.2) is 0 Å². The average molecular weight is 154 g/mol. The lowest BCUT2D eigenvalue weighted by Gasteiger charge is -2.06. The number of rotatable bonds is 5. The number of allylic oxidation sites excluding steroid dienone is 2. The molecule has 0 saturated carbocycles. The molecule has 0 aromatic heterocycles. The first-order chi connectivity index (χ1) is 5.26. The second-order valence-electron chi connectivity index (χ2n) is 2.57. The molecule has 0 aliphatic carbocycles. The number of aliphatic hydroxyl groups excluding tert-OH is 1. The predicted molar refractivity (Wildman–Crippen MR) is 49.5 cm³/mol. The monoisotopic (exact) mass is 154 g/mol. The maximum Gasteiger partial charge on any atom is 0.0471 e. The summed E-state index contributed by atoms with van der Waals surface area (Å²) in [7, 11) is 0. The molecule has 0 atom stereocenters. The summed E-state index contributed by atoms with van der Waals surface area (Å²) in [5.74, 6) is 0.